The highest BCUT2D eigenvalue weighted by atomic mass is 32.2. The van der Waals surface area contributed by atoms with Gasteiger partial charge in [0.15, 0.2) is 0 Å². The van der Waals surface area contributed by atoms with E-state index in [2.05, 4.69) is 11.1 Å². The second kappa shape index (κ2) is 8.21. The molecule has 3 rings (SSSR count). The zero-order chi connectivity index (χ0) is 20.3. The molecule has 1 aromatic carbocycles. The van der Waals surface area contributed by atoms with E-state index in [9.17, 15) is 15.2 Å². The molecule has 0 aliphatic carbocycles. The van der Waals surface area contributed by atoms with Crippen molar-refractivity contribution in [2.75, 3.05) is 6.61 Å². The summed E-state index contributed by atoms with van der Waals surface area (Å²) in [6.45, 7) is 5.77. The molecule has 1 amide bonds. The Morgan fingerprint density at radius 1 is 1.39 bits per heavy atom. The molecule has 7 heteroatoms. The summed E-state index contributed by atoms with van der Waals surface area (Å²) in [5, 5.41) is 19.7. The molecule has 2 aromatic rings. The van der Waals surface area contributed by atoms with E-state index in [-0.39, 0.29) is 11.3 Å². The number of rotatable bonds is 5. The number of amides is 1. The molecule has 0 radical (unpaired) electrons. The van der Waals surface area contributed by atoms with Crippen LogP contribution in [0, 0.1) is 18.3 Å². The molecule has 0 unspecified atom stereocenters. The standard InChI is InChI=1S/C21H23N3O3S/c1-14-9-10-16(12-22)19(23-14)28-18(15-7-5-4-6-8-15)11-17-13-27-21(2,3)24(17)20(25)26/h4-10,17-18H,11,13H2,1-3H3,(H,25,26)/t17-,18-/m1/s1. The Morgan fingerprint density at radius 2 is 2.11 bits per heavy atom. The highest BCUT2D eigenvalue weighted by Gasteiger charge is 2.44. The van der Waals surface area contributed by atoms with Crippen molar-refractivity contribution in [2.24, 2.45) is 0 Å². The summed E-state index contributed by atoms with van der Waals surface area (Å²) in [5.74, 6) is 0. The van der Waals surface area contributed by atoms with Gasteiger partial charge in [-0.15, -0.1) is 0 Å². The summed E-state index contributed by atoms with van der Waals surface area (Å²) in [7, 11) is 0. The molecule has 0 spiro atoms. The summed E-state index contributed by atoms with van der Waals surface area (Å²) in [6, 6.07) is 15.4. The fraction of sp³-hybridized carbons (Fsp3) is 0.381. The molecule has 2 heterocycles. The third-order valence-electron chi connectivity index (χ3n) is 4.81. The minimum absolute atomic E-state index is 0.0630. The molecule has 6 nitrogen and oxygen atoms in total. The second-order valence-corrected chi connectivity index (χ2v) is 8.43. The van der Waals surface area contributed by atoms with Gasteiger partial charge < -0.3 is 9.84 Å². The summed E-state index contributed by atoms with van der Waals surface area (Å²) in [6.07, 6.45) is -0.430. The fourth-order valence-corrected chi connectivity index (χ4v) is 4.77. The Morgan fingerprint density at radius 3 is 2.75 bits per heavy atom. The number of pyridine rings is 1. The number of benzene rings is 1. The van der Waals surface area contributed by atoms with Crippen LogP contribution in [0.15, 0.2) is 47.5 Å². The van der Waals surface area contributed by atoms with E-state index >= 15 is 0 Å². The predicted octanol–water partition coefficient (Wildman–Crippen LogP) is 4.60. The number of nitriles is 1. The van der Waals surface area contributed by atoms with Crippen molar-refractivity contribution >= 4 is 17.9 Å². The zero-order valence-electron chi connectivity index (χ0n) is 16.1. The van der Waals surface area contributed by atoms with Gasteiger partial charge in [0.2, 0.25) is 0 Å². The second-order valence-electron chi connectivity index (χ2n) is 7.23. The lowest BCUT2D eigenvalue weighted by Gasteiger charge is -2.32. The number of carboxylic acid groups (broad SMARTS) is 1. The van der Waals surface area contributed by atoms with Crippen LogP contribution in [0.3, 0.4) is 0 Å². The monoisotopic (exact) mass is 397 g/mol. The molecule has 1 aliphatic heterocycles. The Bertz CT molecular complexity index is 896. The van der Waals surface area contributed by atoms with Gasteiger partial charge in [-0.3, -0.25) is 4.90 Å². The van der Waals surface area contributed by atoms with Crippen LogP contribution < -0.4 is 0 Å². The van der Waals surface area contributed by atoms with E-state index in [1.54, 1.807) is 19.9 Å². The first-order chi connectivity index (χ1) is 13.3. The first-order valence-electron chi connectivity index (χ1n) is 9.07. The first kappa shape index (κ1) is 20.2. The van der Waals surface area contributed by atoms with Gasteiger partial charge in [0.05, 0.1) is 18.2 Å². The number of thioether (sulfide) groups is 1. The van der Waals surface area contributed by atoms with Gasteiger partial charge in [-0.2, -0.15) is 5.26 Å². The number of aromatic nitrogens is 1. The molecule has 2 atom stereocenters. The van der Waals surface area contributed by atoms with Gasteiger partial charge in [-0.25, -0.2) is 9.78 Å². The Balaban J connectivity index is 1.92. The van der Waals surface area contributed by atoms with Crippen LogP contribution in [0.4, 0.5) is 4.79 Å². The maximum absolute atomic E-state index is 11.8. The summed E-state index contributed by atoms with van der Waals surface area (Å²) >= 11 is 1.50. The topological polar surface area (TPSA) is 86.5 Å². The van der Waals surface area contributed by atoms with E-state index in [4.69, 9.17) is 4.74 Å². The lowest BCUT2D eigenvalue weighted by molar-refractivity contribution is -0.0421. The Hall–Kier alpha value is -2.56. The maximum atomic E-state index is 11.8. The SMILES string of the molecule is Cc1ccc(C#N)c(S[C@H](C[C@@H]2COC(C)(C)N2C(=O)O)c2ccccc2)n1. The lowest BCUT2D eigenvalue weighted by atomic mass is 10.0. The number of aryl methyl sites for hydroxylation is 1. The van der Waals surface area contributed by atoms with Crippen LogP contribution in [0.1, 0.15) is 42.3 Å². The minimum atomic E-state index is -0.990. The minimum Gasteiger partial charge on any atom is -0.465 e. The van der Waals surface area contributed by atoms with Crippen molar-refractivity contribution in [1.29, 1.82) is 5.26 Å². The van der Waals surface area contributed by atoms with Crippen LogP contribution >= 0.6 is 11.8 Å². The average molecular weight is 398 g/mol. The van der Waals surface area contributed by atoms with Crippen molar-refractivity contribution in [1.82, 2.24) is 9.88 Å². The highest BCUT2D eigenvalue weighted by Crippen LogP contribution is 2.42. The van der Waals surface area contributed by atoms with Crippen molar-refractivity contribution in [3.63, 3.8) is 0 Å². The predicted molar refractivity (Wildman–Crippen MR) is 107 cm³/mol. The molecule has 28 heavy (non-hydrogen) atoms. The quantitative estimate of drug-likeness (QED) is 0.742. The van der Waals surface area contributed by atoms with Crippen LogP contribution in [-0.2, 0) is 4.74 Å². The zero-order valence-corrected chi connectivity index (χ0v) is 16.9. The molecular formula is C21H23N3O3S. The number of carbonyl (C=O) groups is 1. The molecule has 1 saturated heterocycles. The third kappa shape index (κ3) is 4.29. The molecule has 1 aliphatic rings. The first-order valence-corrected chi connectivity index (χ1v) is 9.95. The molecule has 1 aromatic heterocycles. The number of ether oxygens (including phenoxy) is 1. The van der Waals surface area contributed by atoms with Crippen molar-refractivity contribution in [3.8, 4) is 6.07 Å². The van der Waals surface area contributed by atoms with Crippen LogP contribution in [0.2, 0.25) is 0 Å². The number of hydrogen-bond acceptors (Lipinski definition) is 5. The van der Waals surface area contributed by atoms with E-state index < -0.39 is 11.8 Å². The van der Waals surface area contributed by atoms with Gasteiger partial charge in [0, 0.05) is 10.9 Å². The lowest BCUT2D eigenvalue weighted by Crippen LogP contribution is -2.47. The molecule has 0 bridgehead atoms. The summed E-state index contributed by atoms with van der Waals surface area (Å²) in [5.41, 5.74) is 1.57. The van der Waals surface area contributed by atoms with Crippen LogP contribution in [0.25, 0.3) is 0 Å². The average Bonchev–Trinajstić information content (AvgIpc) is 2.96. The van der Waals surface area contributed by atoms with E-state index in [1.807, 2.05) is 43.3 Å². The van der Waals surface area contributed by atoms with E-state index in [0.29, 0.717) is 23.6 Å². The smallest absolute Gasteiger partial charge is 0.409 e. The van der Waals surface area contributed by atoms with Crippen LogP contribution in [0.5, 0.6) is 0 Å². The van der Waals surface area contributed by atoms with Gasteiger partial charge in [0.1, 0.15) is 16.8 Å². The third-order valence-corrected chi connectivity index (χ3v) is 6.10. The Kier molecular flexibility index (Phi) is 5.92. The fourth-order valence-electron chi connectivity index (χ4n) is 3.45. The van der Waals surface area contributed by atoms with Gasteiger partial charge in [-0.05, 0) is 44.9 Å². The van der Waals surface area contributed by atoms with E-state index in [1.165, 1.54) is 16.7 Å². The van der Waals surface area contributed by atoms with Crippen LogP contribution in [-0.4, -0.2) is 39.5 Å². The molecular weight excluding hydrogens is 374 g/mol. The molecule has 0 saturated carbocycles. The van der Waals surface area contributed by atoms with E-state index in [0.717, 1.165) is 11.3 Å². The number of nitrogens with zero attached hydrogens (tertiary/aromatic N) is 3. The molecule has 146 valence electrons. The van der Waals surface area contributed by atoms with Gasteiger partial charge >= 0.3 is 6.09 Å². The highest BCUT2D eigenvalue weighted by molar-refractivity contribution is 7.99. The van der Waals surface area contributed by atoms with Gasteiger partial charge in [-0.1, -0.05) is 42.1 Å². The largest absolute Gasteiger partial charge is 0.465 e. The Labute approximate surface area is 169 Å². The molecule has 1 fully saturated rings. The van der Waals surface area contributed by atoms with Crippen molar-refractivity contribution < 1.29 is 14.6 Å². The van der Waals surface area contributed by atoms with Crippen molar-refractivity contribution in [3.05, 3.63) is 59.3 Å². The maximum Gasteiger partial charge on any atom is 0.409 e. The normalized spacial score (nSPS) is 19.2. The summed E-state index contributed by atoms with van der Waals surface area (Å²) in [4.78, 5) is 17.8. The molecule has 1 N–H and O–H groups in total. The number of hydrogen-bond donors (Lipinski definition) is 1. The summed E-state index contributed by atoms with van der Waals surface area (Å²) < 4.78 is 5.75. The van der Waals surface area contributed by atoms with Gasteiger partial charge in [0.25, 0.3) is 0 Å². The van der Waals surface area contributed by atoms with Crippen molar-refractivity contribution in [2.45, 2.75) is 49.2 Å².